The molecule has 1 aromatic heterocycles. The van der Waals surface area contributed by atoms with Crippen LogP contribution >= 0.6 is 63.7 Å². The van der Waals surface area contributed by atoms with Crippen molar-refractivity contribution in [3.05, 3.63) is 53.3 Å². The summed E-state index contributed by atoms with van der Waals surface area (Å²) in [7, 11) is 0. The first kappa shape index (κ1) is 25.7. The number of aromatic nitrogens is 2. The zero-order valence-corrected chi connectivity index (χ0v) is 23.5. The van der Waals surface area contributed by atoms with Gasteiger partial charge in [0.15, 0.2) is 13.2 Å². The van der Waals surface area contributed by atoms with Gasteiger partial charge in [0.25, 0.3) is 11.8 Å². The van der Waals surface area contributed by atoms with Crippen LogP contribution in [0.15, 0.2) is 46.8 Å². The molecule has 1 heterocycles. The highest BCUT2D eigenvalue weighted by Crippen LogP contribution is 2.33. The van der Waals surface area contributed by atoms with E-state index in [0.717, 1.165) is 20.1 Å². The number of nitrogens with one attached hydrogen (secondary N) is 2. The van der Waals surface area contributed by atoms with Crippen molar-refractivity contribution in [1.29, 1.82) is 0 Å². The molecule has 3 rings (SSSR count). The first-order valence-electron chi connectivity index (χ1n) is 9.23. The van der Waals surface area contributed by atoms with Gasteiger partial charge in [-0.25, -0.2) is 4.63 Å². The molecule has 174 valence electrons. The van der Waals surface area contributed by atoms with E-state index < -0.39 is 11.8 Å². The highest BCUT2D eigenvalue weighted by atomic mass is 79.9. The van der Waals surface area contributed by atoms with Gasteiger partial charge in [0.1, 0.15) is 11.5 Å². The number of rotatable bonds is 8. The Labute approximate surface area is 222 Å². The van der Waals surface area contributed by atoms with Crippen molar-refractivity contribution < 1.29 is 23.7 Å². The fourth-order valence-electron chi connectivity index (χ4n) is 2.71. The van der Waals surface area contributed by atoms with Crippen molar-refractivity contribution in [2.45, 2.75) is 13.8 Å². The molecule has 13 heteroatoms. The van der Waals surface area contributed by atoms with E-state index >= 15 is 0 Å². The molecule has 0 aliphatic rings. The molecule has 0 radical (unpaired) electrons. The lowest BCUT2D eigenvalue weighted by atomic mass is 10.2. The van der Waals surface area contributed by atoms with Crippen LogP contribution in [0.4, 0.5) is 11.6 Å². The van der Waals surface area contributed by atoms with Crippen LogP contribution in [-0.4, -0.2) is 35.3 Å². The summed E-state index contributed by atoms with van der Waals surface area (Å²) >= 11 is 13.6. The second kappa shape index (κ2) is 11.4. The highest BCUT2D eigenvalue weighted by Gasteiger charge is 2.18. The normalized spacial score (nSPS) is 10.6. The molecule has 2 aromatic carbocycles. The van der Waals surface area contributed by atoms with Crippen LogP contribution in [0.5, 0.6) is 11.5 Å². The van der Waals surface area contributed by atoms with Crippen LogP contribution in [0.25, 0.3) is 0 Å². The second-order valence-electron chi connectivity index (χ2n) is 6.70. The Hall–Kier alpha value is -1.96. The highest BCUT2D eigenvalue weighted by molar-refractivity contribution is 9.11. The summed E-state index contributed by atoms with van der Waals surface area (Å²) in [6, 6.07) is 7.35. The predicted molar refractivity (Wildman–Crippen MR) is 136 cm³/mol. The molecular formula is C20H16Br4N4O5. The van der Waals surface area contributed by atoms with Crippen molar-refractivity contribution in [3.63, 3.8) is 0 Å². The third-order valence-corrected chi connectivity index (χ3v) is 6.18. The zero-order chi connectivity index (χ0) is 24.1. The number of anilines is 2. The number of ether oxygens (including phenoxy) is 2. The predicted octanol–water partition coefficient (Wildman–Crippen LogP) is 5.77. The number of carbonyl (C=O) groups is 2. The van der Waals surface area contributed by atoms with Crippen LogP contribution in [-0.2, 0) is 9.59 Å². The number of benzene rings is 2. The maximum Gasteiger partial charge on any atom is 0.263 e. The van der Waals surface area contributed by atoms with Gasteiger partial charge in [0.2, 0.25) is 11.6 Å². The molecule has 2 N–H and O–H groups in total. The van der Waals surface area contributed by atoms with E-state index in [-0.39, 0.29) is 24.8 Å². The van der Waals surface area contributed by atoms with Crippen molar-refractivity contribution in [1.82, 2.24) is 10.3 Å². The third kappa shape index (κ3) is 7.01. The molecule has 33 heavy (non-hydrogen) atoms. The van der Waals surface area contributed by atoms with E-state index in [4.69, 9.17) is 9.47 Å². The van der Waals surface area contributed by atoms with Gasteiger partial charge in [-0.05, 0) is 91.4 Å². The molecule has 0 spiro atoms. The smallest absolute Gasteiger partial charge is 0.263 e. The van der Waals surface area contributed by atoms with E-state index in [2.05, 4.69) is 89.3 Å². The average molecular weight is 712 g/mol. The lowest BCUT2D eigenvalue weighted by Crippen LogP contribution is -2.24. The molecule has 0 atom stereocenters. The maximum atomic E-state index is 12.3. The molecule has 0 aliphatic carbocycles. The minimum Gasteiger partial charge on any atom is -0.482 e. The summed E-state index contributed by atoms with van der Waals surface area (Å²) < 4.78 is 19.0. The summed E-state index contributed by atoms with van der Waals surface area (Å²) in [6.07, 6.45) is 0. The fraction of sp³-hybridized carbons (Fsp3) is 0.200. The van der Waals surface area contributed by atoms with Gasteiger partial charge in [-0.3, -0.25) is 9.59 Å². The van der Waals surface area contributed by atoms with Gasteiger partial charge in [-0.2, -0.15) is 0 Å². The van der Waals surface area contributed by atoms with Gasteiger partial charge < -0.3 is 20.1 Å². The van der Waals surface area contributed by atoms with E-state index in [1.54, 1.807) is 0 Å². The Balaban J connectivity index is 1.55. The van der Waals surface area contributed by atoms with Gasteiger partial charge in [-0.1, -0.05) is 31.9 Å². The largest absolute Gasteiger partial charge is 0.482 e. The summed E-state index contributed by atoms with van der Waals surface area (Å²) in [6.45, 7) is 3.13. The Morgan fingerprint density at radius 1 is 0.788 bits per heavy atom. The number of hydrogen-bond acceptors (Lipinski definition) is 7. The van der Waals surface area contributed by atoms with Crippen LogP contribution in [0.2, 0.25) is 0 Å². The molecular weight excluding hydrogens is 696 g/mol. The van der Waals surface area contributed by atoms with Crippen molar-refractivity contribution in [3.8, 4) is 11.5 Å². The lowest BCUT2D eigenvalue weighted by Gasteiger charge is -2.12. The Kier molecular flexibility index (Phi) is 8.90. The number of carbonyl (C=O) groups excluding carboxylic acids is 2. The molecule has 3 aromatic rings. The maximum absolute atomic E-state index is 12.3. The zero-order valence-electron chi connectivity index (χ0n) is 17.2. The number of amides is 2. The monoisotopic (exact) mass is 708 g/mol. The number of halogens is 4. The fourth-order valence-corrected chi connectivity index (χ4v) is 5.81. The van der Waals surface area contributed by atoms with Crippen LogP contribution < -0.4 is 20.1 Å². The minimum atomic E-state index is -0.513. The quantitative estimate of drug-likeness (QED) is 0.305. The van der Waals surface area contributed by atoms with E-state index in [1.807, 2.05) is 38.1 Å². The molecule has 0 saturated heterocycles. The summed E-state index contributed by atoms with van der Waals surface area (Å²) in [5, 5.41) is 12.2. The van der Waals surface area contributed by atoms with Crippen molar-refractivity contribution in [2.75, 3.05) is 23.8 Å². The Morgan fingerprint density at radius 2 is 1.18 bits per heavy atom. The topological polar surface area (TPSA) is 116 Å². The van der Waals surface area contributed by atoms with Gasteiger partial charge in [0, 0.05) is 8.95 Å². The molecule has 0 aliphatic heterocycles. The van der Waals surface area contributed by atoms with E-state index in [1.165, 1.54) is 0 Å². The molecule has 0 saturated carbocycles. The second-order valence-corrected chi connectivity index (χ2v) is 10.2. The Bertz CT molecular complexity index is 1060. The molecule has 0 unspecified atom stereocenters. The average Bonchev–Trinajstić information content (AvgIpc) is 3.12. The standard InChI is InChI=1S/C20H16Br4N4O5/c1-9-3-11(21)5-13(23)17(9)31-7-15(29)25-19-20(28-33-27-19)26-16(30)8-32-18-10(2)4-12(22)6-14(18)24/h3-6H,7-8H2,1-2H3,(H,25,27,29)(H,26,28,30). The molecule has 9 nitrogen and oxygen atoms in total. The van der Waals surface area contributed by atoms with Crippen LogP contribution in [0.1, 0.15) is 11.1 Å². The lowest BCUT2D eigenvalue weighted by molar-refractivity contribution is -0.119. The summed E-state index contributed by atoms with van der Waals surface area (Å²) in [5.41, 5.74) is 1.68. The molecule has 0 fully saturated rings. The first-order chi connectivity index (χ1) is 15.6. The minimum absolute atomic E-state index is 0.0513. The SMILES string of the molecule is Cc1cc(Br)cc(Br)c1OCC(=O)Nc1nonc1NC(=O)COc1c(C)cc(Br)cc1Br. The first-order valence-corrected chi connectivity index (χ1v) is 12.4. The van der Waals surface area contributed by atoms with Crippen LogP contribution in [0, 0.1) is 13.8 Å². The van der Waals surface area contributed by atoms with Crippen molar-refractivity contribution >= 4 is 87.2 Å². The number of nitrogens with zero attached hydrogens (tertiary/aromatic N) is 2. The van der Waals surface area contributed by atoms with Gasteiger partial charge >= 0.3 is 0 Å². The van der Waals surface area contributed by atoms with Crippen molar-refractivity contribution in [2.24, 2.45) is 0 Å². The summed E-state index contributed by atoms with van der Waals surface area (Å²) in [4.78, 5) is 24.6. The van der Waals surface area contributed by atoms with Gasteiger partial charge in [-0.15, -0.1) is 0 Å². The molecule has 2 amide bonds. The number of hydrogen-bond donors (Lipinski definition) is 2. The Morgan fingerprint density at radius 3 is 1.55 bits per heavy atom. The summed E-state index contributed by atoms with van der Waals surface area (Å²) in [5.74, 6) is -0.0605. The van der Waals surface area contributed by atoms with E-state index in [9.17, 15) is 9.59 Å². The van der Waals surface area contributed by atoms with Crippen LogP contribution in [0.3, 0.4) is 0 Å². The number of aryl methyl sites for hydroxylation is 2. The van der Waals surface area contributed by atoms with E-state index in [0.29, 0.717) is 20.4 Å². The third-order valence-electron chi connectivity index (χ3n) is 4.09. The molecule has 0 bridgehead atoms. The van der Waals surface area contributed by atoms with Gasteiger partial charge in [0.05, 0.1) is 8.95 Å².